The van der Waals surface area contributed by atoms with Gasteiger partial charge in [0.25, 0.3) is 5.56 Å². The predicted octanol–water partition coefficient (Wildman–Crippen LogP) is 1.10. The molecule has 0 amide bonds. The lowest BCUT2D eigenvalue weighted by atomic mass is 10.1. The molecular formula is C14H15N3O3S. The zero-order valence-electron chi connectivity index (χ0n) is 11.9. The fraction of sp³-hybridized carbons (Fsp3) is 0.214. The van der Waals surface area contributed by atoms with E-state index in [4.69, 9.17) is 27.4 Å². The predicted molar refractivity (Wildman–Crippen MR) is 83.9 cm³/mol. The maximum Gasteiger partial charge on any atom is 0.276 e. The van der Waals surface area contributed by atoms with Gasteiger partial charge in [-0.25, -0.2) is 4.68 Å². The number of nitrogens with two attached hydrogens (primary N) is 1. The van der Waals surface area contributed by atoms with Crippen LogP contribution in [0.15, 0.2) is 29.1 Å². The maximum absolute atomic E-state index is 11.9. The molecule has 7 heteroatoms. The van der Waals surface area contributed by atoms with Crippen LogP contribution in [0.1, 0.15) is 5.56 Å². The highest BCUT2D eigenvalue weighted by Crippen LogP contribution is 2.31. The van der Waals surface area contributed by atoms with E-state index < -0.39 is 0 Å². The Labute approximate surface area is 127 Å². The van der Waals surface area contributed by atoms with Gasteiger partial charge in [0, 0.05) is 18.7 Å². The van der Waals surface area contributed by atoms with Crippen molar-refractivity contribution in [2.24, 2.45) is 12.8 Å². The van der Waals surface area contributed by atoms with E-state index in [0.717, 1.165) is 0 Å². The van der Waals surface area contributed by atoms with Crippen LogP contribution in [0, 0.1) is 0 Å². The van der Waals surface area contributed by atoms with E-state index in [1.165, 1.54) is 4.68 Å². The van der Waals surface area contributed by atoms with Gasteiger partial charge in [0.05, 0.1) is 25.5 Å². The Morgan fingerprint density at radius 1 is 1.29 bits per heavy atom. The quantitative estimate of drug-likeness (QED) is 0.852. The summed E-state index contributed by atoms with van der Waals surface area (Å²) in [6.45, 7) is 0. The average molecular weight is 305 g/mol. The number of benzene rings is 1. The highest BCUT2D eigenvalue weighted by molar-refractivity contribution is 7.80. The third-order valence-corrected chi connectivity index (χ3v) is 3.23. The first-order chi connectivity index (χ1) is 9.97. The van der Waals surface area contributed by atoms with Crippen molar-refractivity contribution >= 4 is 17.2 Å². The Morgan fingerprint density at radius 3 is 2.57 bits per heavy atom. The van der Waals surface area contributed by atoms with Gasteiger partial charge in [-0.05, 0) is 18.2 Å². The summed E-state index contributed by atoms with van der Waals surface area (Å²) in [7, 11) is 4.67. The van der Waals surface area contributed by atoms with Crippen molar-refractivity contribution in [2.45, 2.75) is 0 Å². The molecule has 0 radical (unpaired) electrons. The van der Waals surface area contributed by atoms with Gasteiger partial charge in [-0.1, -0.05) is 12.2 Å². The summed E-state index contributed by atoms with van der Waals surface area (Å²) in [5, 5.41) is 4.22. The summed E-state index contributed by atoms with van der Waals surface area (Å²) in [6.07, 6.45) is 0. The monoisotopic (exact) mass is 305 g/mol. The summed E-state index contributed by atoms with van der Waals surface area (Å²) in [5.41, 5.74) is 6.75. The summed E-state index contributed by atoms with van der Waals surface area (Å²) in [5.74, 6) is 1.24. The molecular weight excluding hydrogens is 290 g/mol. The van der Waals surface area contributed by atoms with Crippen LogP contribution in [0.5, 0.6) is 11.5 Å². The normalized spacial score (nSPS) is 10.2. The first-order valence-electron chi connectivity index (χ1n) is 6.08. The van der Waals surface area contributed by atoms with Crippen LogP contribution in [-0.4, -0.2) is 29.0 Å². The van der Waals surface area contributed by atoms with E-state index in [9.17, 15) is 4.79 Å². The number of nitrogens with zero attached hydrogens (tertiary/aromatic N) is 2. The van der Waals surface area contributed by atoms with Gasteiger partial charge in [-0.2, -0.15) is 5.10 Å². The van der Waals surface area contributed by atoms with Gasteiger partial charge in [-0.3, -0.25) is 4.79 Å². The molecule has 21 heavy (non-hydrogen) atoms. The molecule has 0 saturated heterocycles. The summed E-state index contributed by atoms with van der Waals surface area (Å²) in [6, 6.07) is 6.89. The second-order valence-electron chi connectivity index (χ2n) is 4.30. The van der Waals surface area contributed by atoms with E-state index in [1.54, 1.807) is 45.5 Å². The lowest BCUT2D eigenvalue weighted by Gasteiger charge is -2.11. The number of rotatable bonds is 4. The molecule has 0 aliphatic rings. The van der Waals surface area contributed by atoms with Crippen LogP contribution in [0.2, 0.25) is 0 Å². The van der Waals surface area contributed by atoms with E-state index in [-0.39, 0.29) is 16.1 Å². The van der Waals surface area contributed by atoms with Crippen molar-refractivity contribution < 1.29 is 9.47 Å². The summed E-state index contributed by atoms with van der Waals surface area (Å²) >= 11 is 4.90. The lowest BCUT2D eigenvalue weighted by molar-refractivity contribution is 0.395. The molecule has 1 aromatic heterocycles. The molecule has 0 aliphatic heterocycles. The van der Waals surface area contributed by atoms with Crippen molar-refractivity contribution in [1.29, 1.82) is 0 Å². The molecule has 0 saturated carbocycles. The largest absolute Gasteiger partial charge is 0.497 e. The fourth-order valence-corrected chi connectivity index (χ4v) is 2.07. The minimum absolute atomic E-state index is 0.0340. The Morgan fingerprint density at radius 2 is 2.00 bits per heavy atom. The van der Waals surface area contributed by atoms with Crippen LogP contribution in [-0.2, 0) is 7.05 Å². The van der Waals surface area contributed by atoms with Crippen LogP contribution in [0.3, 0.4) is 0 Å². The smallest absolute Gasteiger partial charge is 0.276 e. The number of hydrogen-bond donors (Lipinski definition) is 1. The first-order valence-corrected chi connectivity index (χ1v) is 6.49. The van der Waals surface area contributed by atoms with Gasteiger partial charge in [-0.15, -0.1) is 0 Å². The van der Waals surface area contributed by atoms with Crippen molar-refractivity contribution in [1.82, 2.24) is 9.78 Å². The zero-order chi connectivity index (χ0) is 15.6. The van der Waals surface area contributed by atoms with E-state index in [0.29, 0.717) is 22.8 Å². The third kappa shape index (κ3) is 2.87. The Balaban J connectivity index is 2.67. The number of aryl methyl sites for hydroxylation is 1. The minimum atomic E-state index is -0.335. The van der Waals surface area contributed by atoms with Crippen molar-refractivity contribution in [3.63, 3.8) is 0 Å². The molecule has 0 fully saturated rings. The minimum Gasteiger partial charge on any atom is -0.497 e. The molecule has 1 aromatic carbocycles. The molecule has 2 rings (SSSR count). The topological polar surface area (TPSA) is 79.4 Å². The number of thiocarbonyl (C=S) groups is 1. The van der Waals surface area contributed by atoms with Gasteiger partial charge in [0.2, 0.25) is 0 Å². The number of methoxy groups -OCH3 is 2. The Bertz CT molecular complexity index is 756. The molecule has 0 atom stereocenters. The third-order valence-electron chi connectivity index (χ3n) is 3.01. The highest BCUT2D eigenvalue weighted by Gasteiger charge is 2.14. The van der Waals surface area contributed by atoms with Crippen molar-refractivity contribution in [3.05, 3.63) is 40.2 Å². The van der Waals surface area contributed by atoms with E-state index in [2.05, 4.69) is 5.10 Å². The van der Waals surface area contributed by atoms with Crippen LogP contribution in [0.25, 0.3) is 11.3 Å². The SMILES string of the molecule is COc1ccc(-c2cc(C(N)=S)c(=O)n(C)n2)c(OC)c1. The lowest BCUT2D eigenvalue weighted by Crippen LogP contribution is -2.29. The van der Waals surface area contributed by atoms with Gasteiger partial charge >= 0.3 is 0 Å². The average Bonchev–Trinajstić information content (AvgIpc) is 2.48. The van der Waals surface area contributed by atoms with Gasteiger partial charge in [0.1, 0.15) is 16.5 Å². The Kier molecular flexibility index (Phi) is 4.23. The highest BCUT2D eigenvalue weighted by atomic mass is 32.1. The fourth-order valence-electron chi connectivity index (χ4n) is 1.93. The molecule has 2 N–H and O–H groups in total. The van der Waals surface area contributed by atoms with Crippen molar-refractivity contribution in [3.8, 4) is 22.8 Å². The van der Waals surface area contributed by atoms with Gasteiger partial charge < -0.3 is 15.2 Å². The van der Waals surface area contributed by atoms with Crippen LogP contribution < -0.4 is 20.8 Å². The first kappa shape index (κ1) is 15.0. The molecule has 1 heterocycles. The second-order valence-corrected chi connectivity index (χ2v) is 4.74. The second kappa shape index (κ2) is 5.92. The Hall–Kier alpha value is -2.41. The van der Waals surface area contributed by atoms with Crippen LogP contribution >= 0.6 is 12.2 Å². The molecule has 2 aromatic rings. The zero-order valence-corrected chi connectivity index (χ0v) is 12.7. The number of hydrogen-bond acceptors (Lipinski definition) is 5. The van der Waals surface area contributed by atoms with E-state index in [1.807, 2.05) is 0 Å². The van der Waals surface area contributed by atoms with E-state index >= 15 is 0 Å². The molecule has 0 aliphatic carbocycles. The molecule has 6 nitrogen and oxygen atoms in total. The molecule has 0 spiro atoms. The van der Waals surface area contributed by atoms with Crippen LogP contribution in [0.4, 0.5) is 0 Å². The molecule has 0 bridgehead atoms. The van der Waals surface area contributed by atoms with Crippen molar-refractivity contribution in [2.75, 3.05) is 14.2 Å². The summed E-state index contributed by atoms with van der Waals surface area (Å²) in [4.78, 5) is 12.0. The molecule has 0 unspecified atom stereocenters. The summed E-state index contributed by atoms with van der Waals surface area (Å²) < 4.78 is 11.7. The number of aromatic nitrogens is 2. The van der Waals surface area contributed by atoms with Gasteiger partial charge in [0.15, 0.2) is 0 Å². The molecule has 110 valence electrons. The standard InChI is InChI=1S/C14H15N3O3S/c1-17-14(18)10(13(15)21)7-11(16-17)9-5-4-8(19-2)6-12(9)20-3/h4-7H,1-3H3,(H2,15,21). The number of ether oxygens (including phenoxy) is 2. The maximum atomic E-state index is 11.9.